The summed E-state index contributed by atoms with van der Waals surface area (Å²) < 4.78 is 10.8. The number of alkyl carbamates (subject to hydrolysis) is 1. The van der Waals surface area contributed by atoms with Gasteiger partial charge in [-0.25, -0.2) is 9.78 Å². The lowest BCUT2D eigenvalue weighted by molar-refractivity contribution is -0.116. The Hall–Kier alpha value is -4.64. The summed E-state index contributed by atoms with van der Waals surface area (Å²) in [5, 5.41) is 9.31. The molecule has 0 aliphatic rings. The van der Waals surface area contributed by atoms with Gasteiger partial charge in [-0.05, 0) is 57.0 Å². The standard InChI is InChI=1S/C31H37ClN6O5/c1-7-23(40)17-21-11-8-9-12-25(21)35-28-24(32)19-34-29(37-28)36-26-14-13-22(18-27(26)42-6)38(20(2)39)16-10-15-33-30(41)43-31(3,4)5/h7-9,11-14,18-19H,1,10,15-17H2,2-6H3,(H,33,41)(H2,34,35,36,37). The number of hydrogen-bond acceptors (Lipinski definition) is 9. The minimum absolute atomic E-state index is 0.110. The van der Waals surface area contributed by atoms with E-state index in [-0.39, 0.29) is 29.1 Å². The summed E-state index contributed by atoms with van der Waals surface area (Å²) in [5.41, 5.74) is 2.04. The Labute approximate surface area is 256 Å². The average Bonchev–Trinajstić information content (AvgIpc) is 2.95. The van der Waals surface area contributed by atoms with E-state index in [9.17, 15) is 14.4 Å². The number of methoxy groups -OCH3 is 1. The van der Waals surface area contributed by atoms with Crippen LogP contribution < -0.4 is 25.6 Å². The second-order valence-corrected chi connectivity index (χ2v) is 10.9. The molecule has 1 aromatic heterocycles. The summed E-state index contributed by atoms with van der Waals surface area (Å²) in [6.45, 7) is 11.1. The van der Waals surface area contributed by atoms with Crippen molar-refractivity contribution in [2.24, 2.45) is 0 Å². The molecule has 0 saturated heterocycles. The van der Waals surface area contributed by atoms with Crippen LogP contribution in [0, 0.1) is 0 Å². The van der Waals surface area contributed by atoms with E-state index < -0.39 is 11.7 Å². The second kappa shape index (κ2) is 15.0. The molecule has 3 N–H and O–H groups in total. The number of allylic oxidation sites excluding steroid dienone is 1. The highest BCUT2D eigenvalue weighted by atomic mass is 35.5. The molecule has 228 valence electrons. The van der Waals surface area contributed by atoms with Crippen LogP contribution in [0.2, 0.25) is 5.02 Å². The number of halogens is 1. The number of hydrogen-bond donors (Lipinski definition) is 3. The number of ether oxygens (including phenoxy) is 2. The zero-order chi connectivity index (χ0) is 31.6. The van der Waals surface area contributed by atoms with E-state index >= 15 is 0 Å². The second-order valence-electron chi connectivity index (χ2n) is 10.5. The van der Waals surface area contributed by atoms with Crippen LogP contribution in [0.25, 0.3) is 0 Å². The third kappa shape index (κ3) is 10.00. The highest BCUT2D eigenvalue weighted by Gasteiger charge is 2.18. The van der Waals surface area contributed by atoms with Crippen molar-refractivity contribution in [3.8, 4) is 5.75 Å². The summed E-state index contributed by atoms with van der Waals surface area (Å²) in [5.74, 6) is 0.774. The number of benzene rings is 2. The van der Waals surface area contributed by atoms with Gasteiger partial charge in [0.2, 0.25) is 11.9 Å². The SMILES string of the molecule is C=CC(=O)Cc1ccccc1Nc1nc(Nc2ccc(N(CCCNC(=O)OC(C)(C)C)C(C)=O)cc2OC)ncc1Cl. The molecule has 0 spiro atoms. The fraction of sp³-hybridized carbons (Fsp3) is 0.323. The topological polar surface area (TPSA) is 135 Å². The van der Waals surface area contributed by atoms with Gasteiger partial charge >= 0.3 is 6.09 Å². The number of nitrogens with zero attached hydrogens (tertiary/aromatic N) is 3. The lowest BCUT2D eigenvalue weighted by atomic mass is 10.1. The largest absolute Gasteiger partial charge is 0.494 e. The summed E-state index contributed by atoms with van der Waals surface area (Å²) in [7, 11) is 1.52. The van der Waals surface area contributed by atoms with E-state index in [1.165, 1.54) is 26.3 Å². The molecule has 2 amide bonds. The average molecular weight is 609 g/mol. The Morgan fingerprint density at radius 2 is 1.84 bits per heavy atom. The van der Waals surface area contributed by atoms with Crippen molar-refractivity contribution in [2.75, 3.05) is 35.7 Å². The first-order valence-corrected chi connectivity index (χ1v) is 14.0. The summed E-state index contributed by atoms with van der Waals surface area (Å²) >= 11 is 6.39. The van der Waals surface area contributed by atoms with Crippen LogP contribution in [0.3, 0.4) is 0 Å². The molecule has 0 atom stereocenters. The molecule has 0 unspecified atom stereocenters. The number of nitrogens with one attached hydrogen (secondary N) is 3. The molecule has 1 heterocycles. The quantitative estimate of drug-likeness (QED) is 0.153. The van der Waals surface area contributed by atoms with Gasteiger partial charge in [0, 0.05) is 43.9 Å². The maximum Gasteiger partial charge on any atom is 0.407 e. The van der Waals surface area contributed by atoms with Gasteiger partial charge in [0.1, 0.15) is 16.4 Å². The molecule has 0 fully saturated rings. The minimum atomic E-state index is -0.588. The molecule has 3 rings (SSSR count). The Balaban J connectivity index is 1.73. The smallest absolute Gasteiger partial charge is 0.407 e. The van der Waals surface area contributed by atoms with Gasteiger partial charge in [0.15, 0.2) is 11.6 Å². The van der Waals surface area contributed by atoms with Crippen molar-refractivity contribution in [3.05, 3.63) is 71.9 Å². The molecule has 0 radical (unpaired) electrons. The molecule has 3 aromatic rings. The minimum Gasteiger partial charge on any atom is -0.494 e. The molecule has 2 aromatic carbocycles. The number of amides is 2. The Kier molecular flexibility index (Phi) is 11.5. The normalized spacial score (nSPS) is 10.8. The zero-order valence-corrected chi connectivity index (χ0v) is 25.7. The number of aromatic nitrogens is 2. The maximum absolute atomic E-state index is 12.4. The van der Waals surface area contributed by atoms with Crippen LogP contribution in [0.15, 0.2) is 61.3 Å². The number of carbonyl (C=O) groups excluding carboxylic acids is 3. The van der Waals surface area contributed by atoms with Crippen molar-refractivity contribution < 1.29 is 23.9 Å². The highest BCUT2D eigenvalue weighted by Crippen LogP contribution is 2.33. The fourth-order valence-electron chi connectivity index (χ4n) is 3.98. The van der Waals surface area contributed by atoms with Gasteiger partial charge in [-0.3, -0.25) is 9.59 Å². The van der Waals surface area contributed by atoms with E-state index in [2.05, 4.69) is 32.5 Å². The molecular formula is C31H37ClN6O5. The lowest BCUT2D eigenvalue weighted by Crippen LogP contribution is -2.35. The van der Waals surface area contributed by atoms with E-state index in [1.807, 2.05) is 24.3 Å². The number of ketones is 1. The van der Waals surface area contributed by atoms with E-state index in [1.54, 1.807) is 43.9 Å². The summed E-state index contributed by atoms with van der Waals surface area (Å²) in [6, 6.07) is 12.6. The van der Waals surface area contributed by atoms with Crippen LogP contribution in [0.1, 0.15) is 39.7 Å². The van der Waals surface area contributed by atoms with Crippen LogP contribution in [0.5, 0.6) is 5.75 Å². The van der Waals surface area contributed by atoms with E-state index in [4.69, 9.17) is 21.1 Å². The van der Waals surface area contributed by atoms with E-state index in [0.717, 1.165) is 5.56 Å². The van der Waals surface area contributed by atoms with Gasteiger partial charge < -0.3 is 30.3 Å². The van der Waals surface area contributed by atoms with Crippen molar-refractivity contribution in [1.29, 1.82) is 0 Å². The summed E-state index contributed by atoms with van der Waals surface area (Å²) in [4.78, 5) is 46.7. The lowest BCUT2D eigenvalue weighted by Gasteiger charge is -2.23. The molecule has 0 bridgehead atoms. The molecule has 43 heavy (non-hydrogen) atoms. The van der Waals surface area contributed by atoms with Crippen LogP contribution in [-0.4, -0.2) is 53.6 Å². The Morgan fingerprint density at radius 3 is 2.51 bits per heavy atom. The third-order valence-corrected chi connectivity index (χ3v) is 6.23. The zero-order valence-electron chi connectivity index (χ0n) is 25.0. The molecular weight excluding hydrogens is 572 g/mol. The predicted octanol–water partition coefficient (Wildman–Crippen LogP) is 6.19. The van der Waals surface area contributed by atoms with Gasteiger partial charge in [-0.15, -0.1) is 0 Å². The first kappa shape index (κ1) is 32.9. The Bertz CT molecular complexity index is 1470. The maximum atomic E-state index is 12.4. The number of rotatable bonds is 13. The molecule has 0 aliphatic heterocycles. The van der Waals surface area contributed by atoms with Crippen molar-refractivity contribution in [1.82, 2.24) is 15.3 Å². The van der Waals surface area contributed by atoms with Gasteiger partial charge in [0.25, 0.3) is 0 Å². The fourth-order valence-corrected chi connectivity index (χ4v) is 4.12. The van der Waals surface area contributed by atoms with Gasteiger partial charge in [-0.2, -0.15) is 4.98 Å². The van der Waals surface area contributed by atoms with Crippen molar-refractivity contribution >= 4 is 58.2 Å². The molecule has 12 heteroatoms. The first-order chi connectivity index (χ1) is 20.4. The molecule has 0 saturated carbocycles. The monoisotopic (exact) mass is 608 g/mol. The predicted molar refractivity (Wildman–Crippen MR) is 169 cm³/mol. The third-order valence-electron chi connectivity index (χ3n) is 5.96. The van der Waals surface area contributed by atoms with Crippen LogP contribution >= 0.6 is 11.6 Å². The Morgan fingerprint density at radius 1 is 1.09 bits per heavy atom. The first-order valence-electron chi connectivity index (χ1n) is 13.6. The van der Waals surface area contributed by atoms with E-state index in [0.29, 0.717) is 48.1 Å². The van der Waals surface area contributed by atoms with Crippen molar-refractivity contribution in [3.63, 3.8) is 0 Å². The molecule has 11 nitrogen and oxygen atoms in total. The van der Waals surface area contributed by atoms with Gasteiger partial charge in [0.05, 0.1) is 19.0 Å². The van der Waals surface area contributed by atoms with Crippen LogP contribution in [0.4, 0.5) is 33.6 Å². The van der Waals surface area contributed by atoms with Crippen LogP contribution in [-0.2, 0) is 20.7 Å². The number of para-hydroxylation sites is 1. The number of carbonyl (C=O) groups is 3. The van der Waals surface area contributed by atoms with Crippen molar-refractivity contribution in [2.45, 2.75) is 46.1 Å². The molecule has 0 aliphatic carbocycles. The number of anilines is 5. The van der Waals surface area contributed by atoms with Gasteiger partial charge in [-0.1, -0.05) is 36.4 Å². The highest BCUT2D eigenvalue weighted by molar-refractivity contribution is 6.33. The summed E-state index contributed by atoms with van der Waals surface area (Å²) in [6.07, 6.45) is 2.94.